The Morgan fingerprint density at radius 2 is 1.74 bits per heavy atom. The first kappa shape index (κ1) is 22.4. The van der Waals surface area contributed by atoms with E-state index >= 15 is 0 Å². The van der Waals surface area contributed by atoms with Gasteiger partial charge < -0.3 is 19.5 Å². The van der Waals surface area contributed by atoms with Crippen molar-refractivity contribution in [2.45, 2.75) is 26.9 Å². The third kappa shape index (κ3) is 5.24. The molecule has 2 aromatic rings. The first-order valence-electron chi connectivity index (χ1n) is 10.3. The fourth-order valence-electron chi connectivity index (χ4n) is 3.27. The van der Waals surface area contributed by atoms with Crippen LogP contribution >= 0.6 is 0 Å². The summed E-state index contributed by atoms with van der Waals surface area (Å²) in [4.78, 5) is 27.6. The van der Waals surface area contributed by atoms with Crippen LogP contribution in [0.3, 0.4) is 0 Å². The van der Waals surface area contributed by atoms with E-state index in [1.807, 2.05) is 39.0 Å². The third-order valence-corrected chi connectivity index (χ3v) is 4.73. The summed E-state index contributed by atoms with van der Waals surface area (Å²) in [5, 5.41) is 3.13. The lowest BCUT2D eigenvalue weighted by atomic mass is 10.0. The first-order chi connectivity index (χ1) is 14.9. The number of carbonyl (C=O) groups is 2. The maximum Gasteiger partial charge on any atom is 0.278 e. The number of imide groups is 1. The van der Waals surface area contributed by atoms with Crippen LogP contribution in [0.5, 0.6) is 11.5 Å². The van der Waals surface area contributed by atoms with Crippen LogP contribution in [0.2, 0.25) is 0 Å². The van der Waals surface area contributed by atoms with Gasteiger partial charge in [-0.1, -0.05) is 18.2 Å². The van der Waals surface area contributed by atoms with Gasteiger partial charge in [-0.05, 0) is 50.6 Å². The monoisotopic (exact) mass is 424 g/mol. The molecule has 7 heteroatoms. The molecule has 164 valence electrons. The zero-order valence-electron chi connectivity index (χ0n) is 18.3. The van der Waals surface area contributed by atoms with E-state index in [4.69, 9.17) is 14.2 Å². The molecule has 0 fully saturated rings. The number of carbonyl (C=O) groups excluding carboxylic acids is 2. The van der Waals surface area contributed by atoms with Gasteiger partial charge in [-0.2, -0.15) is 0 Å². The molecular formula is C24H28N2O5. The summed E-state index contributed by atoms with van der Waals surface area (Å²) in [6.45, 7) is 6.73. The van der Waals surface area contributed by atoms with Crippen LogP contribution in [-0.2, 0) is 14.3 Å². The zero-order valence-corrected chi connectivity index (χ0v) is 18.3. The standard InChI is InChI=1S/C24H28N2O5/c1-5-30-19-11-9-17(10-12-19)21-22(25-18-7-6-8-20(15-18)29-4)24(28)26(23(21)27)13-14-31-16(2)3/h6-12,15-16,25H,5,13-14H2,1-4H3. The number of hydrogen-bond acceptors (Lipinski definition) is 6. The molecule has 3 rings (SSSR count). The molecule has 0 radical (unpaired) electrons. The fraction of sp³-hybridized carbons (Fsp3) is 0.333. The van der Waals surface area contributed by atoms with Crippen LogP contribution in [-0.4, -0.2) is 49.7 Å². The van der Waals surface area contributed by atoms with E-state index < -0.39 is 0 Å². The third-order valence-electron chi connectivity index (χ3n) is 4.73. The van der Waals surface area contributed by atoms with Crippen molar-refractivity contribution < 1.29 is 23.8 Å². The molecule has 0 aliphatic carbocycles. The molecule has 0 saturated carbocycles. The maximum absolute atomic E-state index is 13.2. The summed E-state index contributed by atoms with van der Waals surface area (Å²) < 4.78 is 16.3. The average molecular weight is 424 g/mol. The Hall–Kier alpha value is -3.32. The van der Waals surface area contributed by atoms with Crippen LogP contribution in [0.1, 0.15) is 26.3 Å². The second-order valence-corrected chi connectivity index (χ2v) is 7.25. The van der Waals surface area contributed by atoms with Gasteiger partial charge in [0.15, 0.2) is 0 Å². The van der Waals surface area contributed by atoms with Gasteiger partial charge in [0.1, 0.15) is 17.2 Å². The topological polar surface area (TPSA) is 77.1 Å². The van der Waals surface area contributed by atoms with Crippen molar-refractivity contribution in [3.05, 3.63) is 59.8 Å². The molecule has 2 amide bonds. The molecule has 1 heterocycles. The average Bonchev–Trinajstić information content (AvgIpc) is 2.99. The number of benzene rings is 2. The molecule has 2 aromatic carbocycles. The Balaban J connectivity index is 1.95. The lowest BCUT2D eigenvalue weighted by molar-refractivity contribution is -0.137. The van der Waals surface area contributed by atoms with Crippen molar-refractivity contribution in [2.24, 2.45) is 0 Å². The summed E-state index contributed by atoms with van der Waals surface area (Å²) in [7, 11) is 1.57. The van der Waals surface area contributed by atoms with Gasteiger partial charge in [0.2, 0.25) is 0 Å². The van der Waals surface area contributed by atoms with Crippen molar-refractivity contribution in [1.29, 1.82) is 0 Å². The Labute approximate surface area is 182 Å². The summed E-state index contributed by atoms with van der Waals surface area (Å²) in [5.41, 5.74) is 1.84. The molecular weight excluding hydrogens is 396 g/mol. The minimum Gasteiger partial charge on any atom is -0.497 e. The molecule has 1 N–H and O–H groups in total. The van der Waals surface area contributed by atoms with E-state index in [1.54, 1.807) is 37.4 Å². The molecule has 0 spiro atoms. The summed E-state index contributed by atoms with van der Waals surface area (Å²) in [6, 6.07) is 14.4. The van der Waals surface area contributed by atoms with Crippen molar-refractivity contribution in [3.63, 3.8) is 0 Å². The van der Waals surface area contributed by atoms with Crippen LogP contribution in [0.4, 0.5) is 5.69 Å². The molecule has 0 bridgehead atoms. The number of ether oxygens (including phenoxy) is 3. The van der Waals surface area contributed by atoms with Crippen molar-refractivity contribution in [3.8, 4) is 11.5 Å². The highest BCUT2D eigenvalue weighted by Crippen LogP contribution is 2.32. The number of hydrogen-bond donors (Lipinski definition) is 1. The quantitative estimate of drug-likeness (QED) is 0.586. The van der Waals surface area contributed by atoms with Gasteiger partial charge in [0, 0.05) is 11.8 Å². The Morgan fingerprint density at radius 1 is 1.00 bits per heavy atom. The number of rotatable bonds is 10. The van der Waals surface area contributed by atoms with Gasteiger partial charge in [-0.15, -0.1) is 0 Å². The van der Waals surface area contributed by atoms with Crippen molar-refractivity contribution >= 4 is 23.1 Å². The van der Waals surface area contributed by atoms with Gasteiger partial charge >= 0.3 is 0 Å². The zero-order chi connectivity index (χ0) is 22.4. The molecule has 0 saturated heterocycles. The number of amides is 2. The molecule has 0 unspecified atom stereocenters. The van der Waals surface area contributed by atoms with E-state index in [9.17, 15) is 9.59 Å². The molecule has 0 atom stereocenters. The minimum atomic E-state index is -0.385. The number of methoxy groups -OCH3 is 1. The summed E-state index contributed by atoms with van der Waals surface area (Å²) in [6.07, 6.45) is 0.0146. The van der Waals surface area contributed by atoms with Gasteiger partial charge in [-0.3, -0.25) is 14.5 Å². The highest BCUT2D eigenvalue weighted by Gasteiger charge is 2.39. The molecule has 31 heavy (non-hydrogen) atoms. The Morgan fingerprint density at radius 3 is 2.39 bits per heavy atom. The number of anilines is 1. The van der Waals surface area contributed by atoms with Crippen LogP contribution in [0.15, 0.2) is 54.2 Å². The van der Waals surface area contributed by atoms with Crippen LogP contribution < -0.4 is 14.8 Å². The Bertz CT molecular complexity index is 966. The predicted molar refractivity (Wildman–Crippen MR) is 119 cm³/mol. The summed E-state index contributed by atoms with van der Waals surface area (Å²) >= 11 is 0. The first-order valence-corrected chi connectivity index (χ1v) is 10.3. The molecule has 7 nitrogen and oxygen atoms in total. The largest absolute Gasteiger partial charge is 0.497 e. The van der Waals surface area contributed by atoms with Crippen molar-refractivity contribution in [2.75, 3.05) is 32.2 Å². The highest BCUT2D eigenvalue weighted by atomic mass is 16.5. The normalized spacial score (nSPS) is 13.9. The van der Waals surface area contributed by atoms with E-state index in [0.29, 0.717) is 34.9 Å². The lowest BCUT2D eigenvalue weighted by Gasteiger charge is -2.16. The summed E-state index contributed by atoms with van der Waals surface area (Å²) in [5.74, 6) is 0.608. The predicted octanol–water partition coefficient (Wildman–Crippen LogP) is 3.71. The van der Waals surface area contributed by atoms with Gasteiger partial charge in [-0.25, -0.2) is 0 Å². The number of nitrogens with zero attached hydrogens (tertiary/aromatic N) is 1. The molecule has 1 aliphatic rings. The second kappa shape index (κ2) is 10.1. The molecule has 1 aliphatic heterocycles. The van der Waals surface area contributed by atoms with E-state index in [0.717, 1.165) is 0 Å². The maximum atomic E-state index is 13.2. The van der Waals surface area contributed by atoms with Crippen LogP contribution in [0.25, 0.3) is 5.57 Å². The molecule has 0 aromatic heterocycles. The second-order valence-electron chi connectivity index (χ2n) is 7.25. The van der Waals surface area contributed by atoms with E-state index in [-0.39, 0.29) is 36.8 Å². The lowest BCUT2D eigenvalue weighted by Crippen LogP contribution is -2.35. The Kier molecular flexibility index (Phi) is 7.31. The number of nitrogens with one attached hydrogen (secondary N) is 1. The van der Waals surface area contributed by atoms with E-state index in [1.165, 1.54) is 4.90 Å². The van der Waals surface area contributed by atoms with E-state index in [2.05, 4.69) is 5.32 Å². The van der Waals surface area contributed by atoms with Crippen molar-refractivity contribution in [1.82, 2.24) is 4.90 Å². The minimum absolute atomic E-state index is 0.0146. The van der Waals surface area contributed by atoms with Gasteiger partial charge in [0.25, 0.3) is 11.8 Å². The van der Waals surface area contributed by atoms with Crippen LogP contribution in [0, 0.1) is 0 Å². The van der Waals surface area contributed by atoms with Gasteiger partial charge in [0.05, 0.1) is 38.5 Å². The fourth-order valence-corrected chi connectivity index (χ4v) is 3.27. The smallest absolute Gasteiger partial charge is 0.278 e. The highest BCUT2D eigenvalue weighted by molar-refractivity contribution is 6.36. The SMILES string of the molecule is CCOc1ccc(C2=C(Nc3cccc(OC)c3)C(=O)N(CCOC(C)C)C2=O)cc1.